The smallest absolute Gasteiger partial charge is 0.324 e. The van der Waals surface area contributed by atoms with E-state index >= 15 is 0 Å². The Morgan fingerprint density at radius 1 is 1.58 bits per heavy atom. The number of likely N-dealkylation sites (N-methyl/N-ethyl adjacent to an activating group) is 1. The van der Waals surface area contributed by atoms with Crippen LogP contribution in [-0.4, -0.2) is 31.2 Å². The first kappa shape index (κ1) is 11.4. The third-order valence-corrected chi connectivity index (χ3v) is 1.13. The molecule has 3 N–H and O–H groups in total. The second kappa shape index (κ2) is 4.42. The zero-order valence-corrected chi connectivity index (χ0v) is 8.18. The summed E-state index contributed by atoms with van der Waals surface area (Å²) in [5, 5.41) is 2.81. The first-order valence-corrected chi connectivity index (χ1v) is 4.00. The standard InChI is InChI=1S/C8H18N2O2/c1-8(2,3)12-7(11)6(9)5-10-4/h6,10H,5,9H2,1-4H3. The summed E-state index contributed by atoms with van der Waals surface area (Å²) in [4.78, 5) is 11.2. The SMILES string of the molecule is CNCC(N)C(=O)OC(C)(C)C. The van der Waals surface area contributed by atoms with Crippen molar-refractivity contribution < 1.29 is 9.53 Å². The van der Waals surface area contributed by atoms with Gasteiger partial charge in [0.1, 0.15) is 11.6 Å². The van der Waals surface area contributed by atoms with Gasteiger partial charge in [-0.05, 0) is 27.8 Å². The fourth-order valence-corrected chi connectivity index (χ4v) is 0.681. The fraction of sp³-hybridized carbons (Fsp3) is 0.875. The number of carbonyl (C=O) groups is 1. The molecule has 0 aliphatic heterocycles. The van der Waals surface area contributed by atoms with Crippen molar-refractivity contribution in [2.75, 3.05) is 13.6 Å². The Kier molecular flexibility index (Phi) is 4.20. The van der Waals surface area contributed by atoms with Crippen LogP contribution >= 0.6 is 0 Å². The summed E-state index contributed by atoms with van der Waals surface area (Å²) in [6, 6.07) is -0.575. The topological polar surface area (TPSA) is 64.3 Å². The van der Waals surface area contributed by atoms with Crippen LogP contribution < -0.4 is 11.1 Å². The number of hydrogen-bond acceptors (Lipinski definition) is 4. The van der Waals surface area contributed by atoms with Gasteiger partial charge in [-0.15, -0.1) is 0 Å². The van der Waals surface area contributed by atoms with Crippen LogP contribution in [0.4, 0.5) is 0 Å². The molecule has 1 unspecified atom stereocenters. The third kappa shape index (κ3) is 5.09. The van der Waals surface area contributed by atoms with Crippen LogP contribution in [0.1, 0.15) is 20.8 Å². The van der Waals surface area contributed by atoms with Crippen molar-refractivity contribution in [2.45, 2.75) is 32.4 Å². The molecule has 0 spiro atoms. The number of rotatable bonds is 3. The lowest BCUT2D eigenvalue weighted by molar-refractivity contribution is -0.156. The Morgan fingerprint density at radius 2 is 2.08 bits per heavy atom. The maximum absolute atomic E-state index is 11.2. The normalized spacial score (nSPS) is 14.1. The van der Waals surface area contributed by atoms with E-state index in [1.54, 1.807) is 7.05 Å². The zero-order valence-electron chi connectivity index (χ0n) is 8.18. The van der Waals surface area contributed by atoms with Gasteiger partial charge in [0.05, 0.1) is 0 Å². The van der Waals surface area contributed by atoms with E-state index in [9.17, 15) is 4.79 Å². The first-order valence-electron chi connectivity index (χ1n) is 4.00. The van der Waals surface area contributed by atoms with Crippen molar-refractivity contribution in [2.24, 2.45) is 5.73 Å². The summed E-state index contributed by atoms with van der Waals surface area (Å²) < 4.78 is 5.05. The highest BCUT2D eigenvalue weighted by atomic mass is 16.6. The predicted octanol–water partition coefficient (Wildman–Crippen LogP) is -0.125. The molecule has 0 bridgehead atoms. The van der Waals surface area contributed by atoms with Crippen molar-refractivity contribution in [1.82, 2.24) is 5.32 Å². The fourth-order valence-electron chi connectivity index (χ4n) is 0.681. The second-order valence-electron chi connectivity index (χ2n) is 3.70. The molecule has 0 saturated heterocycles. The number of nitrogens with one attached hydrogen (secondary N) is 1. The molecule has 4 nitrogen and oxygen atoms in total. The molecule has 0 aromatic carbocycles. The summed E-state index contributed by atoms with van der Waals surface area (Å²) in [6.07, 6.45) is 0. The van der Waals surface area contributed by atoms with Crippen molar-refractivity contribution in [1.29, 1.82) is 0 Å². The van der Waals surface area contributed by atoms with Crippen LogP contribution in [-0.2, 0) is 9.53 Å². The Bertz CT molecular complexity index is 152. The lowest BCUT2D eigenvalue weighted by Crippen LogP contribution is -2.43. The van der Waals surface area contributed by atoms with E-state index in [0.29, 0.717) is 6.54 Å². The monoisotopic (exact) mass is 174 g/mol. The maximum Gasteiger partial charge on any atom is 0.324 e. The molecule has 0 amide bonds. The van der Waals surface area contributed by atoms with Gasteiger partial charge in [0.2, 0.25) is 0 Å². The minimum Gasteiger partial charge on any atom is -0.459 e. The van der Waals surface area contributed by atoms with Gasteiger partial charge in [-0.1, -0.05) is 0 Å². The van der Waals surface area contributed by atoms with Crippen molar-refractivity contribution >= 4 is 5.97 Å². The van der Waals surface area contributed by atoms with Crippen LogP contribution in [0.15, 0.2) is 0 Å². The van der Waals surface area contributed by atoms with Gasteiger partial charge in [0, 0.05) is 6.54 Å². The molecule has 12 heavy (non-hydrogen) atoms. The molecule has 0 aliphatic carbocycles. The van der Waals surface area contributed by atoms with E-state index in [-0.39, 0.29) is 5.97 Å². The summed E-state index contributed by atoms with van der Waals surface area (Å²) >= 11 is 0. The number of esters is 1. The van der Waals surface area contributed by atoms with Crippen LogP contribution in [0.25, 0.3) is 0 Å². The largest absolute Gasteiger partial charge is 0.459 e. The number of nitrogens with two attached hydrogens (primary N) is 1. The second-order valence-corrected chi connectivity index (χ2v) is 3.70. The summed E-state index contributed by atoms with van der Waals surface area (Å²) in [6.45, 7) is 5.89. The highest BCUT2D eigenvalue weighted by molar-refractivity contribution is 5.76. The highest BCUT2D eigenvalue weighted by Crippen LogP contribution is 2.07. The van der Waals surface area contributed by atoms with Gasteiger partial charge in [-0.2, -0.15) is 0 Å². The van der Waals surface area contributed by atoms with E-state index in [2.05, 4.69) is 5.32 Å². The van der Waals surface area contributed by atoms with Gasteiger partial charge in [0.25, 0.3) is 0 Å². The Hall–Kier alpha value is -0.610. The molecule has 0 fully saturated rings. The maximum atomic E-state index is 11.2. The molecule has 0 saturated carbocycles. The van der Waals surface area contributed by atoms with Crippen LogP contribution in [0.5, 0.6) is 0 Å². The molecular formula is C8H18N2O2. The molecule has 72 valence electrons. The van der Waals surface area contributed by atoms with Gasteiger partial charge >= 0.3 is 5.97 Å². The van der Waals surface area contributed by atoms with Crippen LogP contribution in [0.3, 0.4) is 0 Å². The highest BCUT2D eigenvalue weighted by Gasteiger charge is 2.21. The Morgan fingerprint density at radius 3 is 2.42 bits per heavy atom. The Labute approximate surface area is 73.5 Å². The van der Waals surface area contributed by atoms with E-state index in [4.69, 9.17) is 10.5 Å². The van der Waals surface area contributed by atoms with E-state index in [0.717, 1.165) is 0 Å². The molecule has 0 heterocycles. The van der Waals surface area contributed by atoms with Gasteiger partial charge in [-0.25, -0.2) is 0 Å². The van der Waals surface area contributed by atoms with Gasteiger partial charge in [0.15, 0.2) is 0 Å². The minimum absolute atomic E-state index is 0.364. The van der Waals surface area contributed by atoms with Crippen LogP contribution in [0.2, 0.25) is 0 Å². The molecule has 0 rings (SSSR count). The molecule has 0 aromatic heterocycles. The average molecular weight is 174 g/mol. The van der Waals surface area contributed by atoms with Gasteiger partial charge < -0.3 is 15.8 Å². The molecule has 4 heteroatoms. The van der Waals surface area contributed by atoms with Gasteiger partial charge in [-0.3, -0.25) is 4.79 Å². The summed E-state index contributed by atoms with van der Waals surface area (Å²) in [5.74, 6) is -0.364. The minimum atomic E-state index is -0.575. The van der Waals surface area contributed by atoms with Crippen molar-refractivity contribution in [3.8, 4) is 0 Å². The zero-order chi connectivity index (χ0) is 9.78. The predicted molar refractivity (Wildman–Crippen MR) is 47.7 cm³/mol. The first-order chi connectivity index (χ1) is 5.37. The lowest BCUT2D eigenvalue weighted by atomic mass is 10.2. The molecule has 0 aliphatic rings. The molecular weight excluding hydrogens is 156 g/mol. The van der Waals surface area contributed by atoms with E-state index in [1.165, 1.54) is 0 Å². The molecule has 1 atom stereocenters. The number of ether oxygens (including phenoxy) is 1. The van der Waals surface area contributed by atoms with Crippen molar-refractivity contribution in [3.63, 3.8) is 0 Å². The number of hydrogen-bond donors (Lipinski definition) is 2. The van der Waals surface area contributed by atoms with Crippen molar-refractivity contribution in [3.05, 3.63) is 0 Å². The third-order valence-electron chi connectivity index (χ3n) is 1.13. The van der Waals surface area contributed by atoms with Crippen LogP contribution in [0, 0.1) is 0 Å². The summed E-state index contributed by atoms with van der Waals surface area (Å²) in [5.41, 5.74) is 5.04. The van der Waals surface area contributed by atoms with E-state index in [1.807, 2.05) is 20.8 Å². The molecule has 0 aromatic rings. The van der Waals surface area contributed by atoms with E-state index < -0.39 is 11.6 Å². The lowest BCUT2D eigenvalue weighted by Gasteiger charge is -2.21. The average Bonchev–Trinajstić information content (AvgIpc) is 1.84. The summed E-state index contributed by atoms with van der Waals surface area (Å²) in [7, 11) is 1.74. The Balaban J connectivity index is 3.87. The number of carbonyl (C=O) groups excluding carboxylic acids is 1. The quantitative estimate of drug-likeness (QED) is 0.585. The molecule has 0 radical (unpaired) electrons.